The number of carbonyl (C=O) groups is 2. The molecule has 0 aliphatic carbocycles. The quantitative estimate of drug-likeness (QED) is 0.645. The Morgan fingerprint density at radius 3 is 2.77 bits per heavy atom. The van der Waals surface area contributed by atoms with Crippen LogP contribution < -0.4 is 15.0 Å². The molecule has 0 saturated carbocycles. The van der Waals surface area contributed by atoms with Gasteiger partial charge in [0.05, 0.1) is 35.6 Å². The van der Waals surface area contributed by atoms with E-state index in [1.165, 1.54) is 0 Å². The van der Waals surface area contributed by atoms with E-state index in [-0.39, 0.29) is 18.6 Å². The summed E-state index contributed by atoms with van der Waals surface area (Å²) in [4.78, 5) is 31.2. The van der Waals surface area contributed by atoms with E-state index in [2.05, 4.69) is 26.2 Å². The van der Waals surface area contributed by atoms with E-state index in [9.17, 15) is 9.59 Å². The lowest BCUT2D eigenvalue weighted by molar-refractivity contribution is 0.102. The number of nitrogens with zero attached hydrogens (tertiary/aromatic N) is 2. The number of halogens is 1. The number of methoxy groups -OCH3 is 2. The molecule has 0 spiro atoms. The van der Waals surface area contributed by atoms with Crippen LogP contribution >= 0.6 is 15.9 Å². The van der Waals surface area contributed by atoms with Gasteiger partial charge in [-0.15, -0.1) is 0 Å². The van der Waals surface area contributed by atoms with Crippen molar-refractivity contribution in [2.24, 2.45) is 10.9 Å². The number of fused-ring (bicyclic) bond motifs is 3. The van der Waals surface area contributed by atoms with E-state index in [1.54, 1.807) is 19.1 Å². The topological polar surface area (TPSA) is 89.5 Å². The minimum atomic E-state index is -0.463. The molecule has 0 radical (unpaired) electrons. The molecule has 9 heteroatoms. The van der Waals surface area contributed by atoms with Crippen LogP contribution in [0.5, 0.6) is 5.75 Å². The van der Waals surface area contributed by atoms with Crippen LogP contribution in [0.3, 0.4) is 0 Å². The van der Waals surface area contributed by atoms with Crippen molar-refractivity contribution in [3.05, 3.63) is 58.1 Å². The highest BCUT2D eigenvalue weighted by molar-refractivity contribution is 9.10. The third-order valence-electron chi connectivity index (χ3n) is 5.37. The molecule has 0 fully saturated rings. The molecule has 1 N–H and O–H groups in total. The van der Waals surface area contributed by atoms with Gasteiger partial charge in [-0.05, 0) is 39.7 Å². The number of nitrogens with one attached hydrogen (secondary N) is 1. The summed E-state index contributed by atoms with van der Waals surface area (Å²) in [6.45, 7) is 0.789. The number of amides is 3. The van der Waals surface area contributed by atoms with E-state index < -0.39 is 12.1 Å². The van der Waals surface area contributed by atoms with Crippen LogP contribution in [0.15, 0.2) is 51.9 Å². The monoisotopic (exact) mass is 487 g/mol. The van der Waals surface area contributed by atoms with Gasteiger partial charge >= 0.3 is 12.1 Å². The lowest BCUT2D eigenvalue weighted by Gasteiger charge is -2.40. The smallest absolute Gasteiger partial charge is 0.414 e. The molecule has 4 rings (SSSR count). The van der Waals surface area contributed by atoms with Crippen LogP contribution in [-0.2, 0) is 9.47 Å². The Labute approximate surface area is 188 Å². The molecule has 0 aromatic heterocycles. The Balaban J connectivity index is 1.73. The number of rotatable bonds is 5. The molecular formula is C22H22BrN3O5. The zero-order valence-electron chi connectivity index (χ0n) is 17.1. The summed E-state index contributed by atoms with van der Waals surface area (Å²) in [5.74, 6) is 0.444. The molecule has 8 nitrogen and oxygen atoms in total. The number of urea groups is 1. The predicted molar refractivity (Wildman–Crippen MR) is 119 cm³/mol. The minimum Gasteiger partial charge on any atom is -0.496 e. The maximum Gasteiger partial charge on any atom is 0.414 e. The molecule has 2 atom stereocenters. The number of benzene rings is 2. The van der Waals surface area contributed by atoms with Gasteiger partial charge in [0.1, 0.15) is 12.4 Å². The average molecular weight is 488 g/mol. The largest absolute Gasteiger partial charge is 0.496 e. The van der Waals surface area contributed by atoms with Crippen molar-refractivity contribution in [2.75, 3.05) is 38.9 Å². The molecule has 162 valence electrons. The molecule has 2 aromatic rings. The van der Waals surface area contributed by atoms with Gasteiger partial charge in [-0.2, -0.15) is 4.99 Å². The van der Waals surface area contributed by atoms with Gasteiger partial charge < -0.3 is 19.5 Å². The van der Waals surface area contributed by atoms with Crippen molar-refractivity contribution in [3.63, 3.8) is 0 Å². The van der Waals surface area contributed by atoms with Gasteiger partial charge in [0.25, 0.3) is 0 Å². The number of ether oxygens (including phenoxy) is 3. The van der Waals surface area contributed by atoms with E-state index in [0.29, 0.717) is 30.3 Å². The Hall–Kier alpha value is -2.91. The lowest BCUT2D eigenvalue weighted by Crippen LogP contribution is -2.51. The number of anilines is 1. The Morgan fingerprint density at radius 2 is 2.03 bits per heavy atom. The fourth-order valence-electron chi connectivity index (χ4n) is 3.94. The molecule has 2 aliphatic rings. The first-order chi connectivity index (χ1) is 15.0. The van der Waals surface area contributed by atoms with Crippen LogP contribution in [0.2, 0.25) is 0 Å². The first-order valence-electron chi connectivity index (χ1n) is 9.78. The van der Waals surface area contributed by atoms with Crippen LogP contribution in [0.1, 0.15) is 17.2 Å². The standard InChI is InChI=1S/C22H22BrN3O5/c1-29-9-10-31-22(28)26-12-15-19(13-7-8-18(30-2)16(23)11-13)24-21(27)25-20(15)14-5-3-4-6-17(14)26/h3-8,11,15,19H,9-10,12H2,1-2H3,(H,24,27). The number of carbonyl (C=O) groups excluding carboxylic acids is 2. The fraction of sp³-hybridized carbons (Fsp3) is 0.318. The first-order valence-corrected chi connectivity index (χ1v) is 10.6. The number of para-hydroxylation sites is 1. The van der Waals surface area contributed by atoms with Gasteiger partial charge in [-0.3, -0.25) is 4.90 Å². The molecule has 2 heterocycles. The normalized spacial score (nSPS) is 19.6. The average Bonchev–Trinajstić information content (AvgIpc) is 2.78. The summed E-state index contributed by atoms with van der Waals surface area (Å²) >= 11 is 3.51. The van der Waals surface area contributed by atoms with Crippen molar-refractivity contribution in [1.82, 2.24) is 5.32 Å². The zero-order valence-corrected chi connectivity index (χ0v) is 18.7. The van der Waals surface area contributed by atoms with Gasteiger partial charge in [-0.1, -0.05) is 24.3 Å². The van der Waals surface area contributed by atoms with E-state index in [1.807, 2.05) is 42.5 Å². The second-order valence-corrected chi connectivity index (χ2v) is 8.01. The van der Waals surface area contributed by atoms with Crippen molar-refractivity contribution in [2.45, 2.75) is 6.04 Å². The second kappa shape index (κ2) is 9.07. The Kier molecular flexibility index (Phi) is 6.24. The number of aliphatic imine (C=N–C) groups is 1. The SMILES string of the molecule is COCCOC(=O)N1CC2C(=NC(=O)NC2c2ccc(OC)c(Br)c2)c2ccccc21. The van der Waals surface area contributed by atoms with Gasteiger partial charge in [0, 0.05) is 25.1 Å². The molecule has 3 amide bonds. The third-order valence-corrected chi connectivity index (χ3v) is 5.99. The maximum absolute atomic E-state index is 12.9. The van der Waals surface area contributed by atoms with Gasteiger partial charge in [-0.25, -0.2) is 9.59 Å². The highest BCUT2D eigenvalue weighted by atomic mass is 79.9. The van der Waals surface area contributed by atoms with Crippen LogP contribution in [0.4, 0.5) is 15.3 Å². The summed E-state index contributed by atoms with van der Waals surface area (Å²) < 4.78 is 16.5. The summed E-state index contributed by atoms with van der Waals surface area (Å²) in [6, 6.07) is 12.3. The van der Waals surface area contributed by atoms with Crippen molar-refractivity contribution >= 4 is 39.5 Å². The van der Waals surface area contributed by atoms with Crippen molar-refractivity contribution in [1.29, 1.82) is 0 Å². The van der Waals surface area contributed by atoms with Crippen LogP contribution in [-0.4, -0.2) is 51.8 Å². The van der Waals surface area contributed by atoms with E-state index in [4.69, 9.17) is 14.2 Å². The van der Waals surface area contributed by atoms with Crippen molar-refractivity contribution in [3.8, 4) is 5.75 Å². The first kappa shape index (κ1) is 21.3. The van der Waals surface area contributed by atoms with Gasteiger partial charge in [0.15, 0.2) is 0 Å². The molecule has 2 aliphatic heterocycles. The second-order valence-electron chi connectivity index (χ2n) is 7.16. The lowest BCUT2D eigenvalue weighted by atomic mass is 9.81. The maximum atomic E-state index is 12.9. The van der Waals surface area contributed by atoms with Gasteiger partial charge in [0.2, 0.25) is 0 Å². The Morgan fingerprint density at radius 1 is 1.23 bits per heavy atom. The molecule has 2 unspecified atom stereocenters. The number of hydrogen-bond donors (Lipinski definition) is 1. The molecule has 31 heavy (non-hydrogen) atoms. The van der Waals surface area contributed by atoms with Crippen LogP contribution in [0, 0.1) is 5.92 Å². The van der Waals surface area contributed by atoms with Crippen LogP contribution in [0.25, 0.3) is 0 Å². The third kappa shape index (κ3) is 4.15. The summed E-state index contributed by atoms with van der Waals surface area (Å²) in [7, 11) is 3.15. The molecule has 0 bridgehead atoms. The predicted octanol–water partition coefficient (Wildman–Crippen LogP) is 3.93. The molecule has 0 saturated heterocycles. The van der Waals surface area contributed by atoms with Crippen molar-refractivity contribution < 1.29 is 23.8 Å². The fourth-order valence-corrected chi connectivity index (χ4v) is 4.50. The highest BCUT2D eigenvalue weighted by Crippen LogP contribution is 2.39. The molecular weight excluding hydrogens is 466 g/mol. The highest BCUT2D eigenvalue weighted by Gasteiger charge is 2.42. The minimum absolute atomic E-state index is 0.158. The summed E-state index contributed by atoms with van der Waals surface area (Å²) in [5.41, 5.74) is 2.96. The number of hydrogen-bond acceptors (Lipinski definition) is 5. The zero-order chi connectivity index (χ0) is 22.0. The summed E-state index contributed by atoms with van der Waals surface area (Å²) in [5, 5.41) is 2.95. The summed E-state index contributed by atoms with van der Waals surface area (Å²) in [6.07, 6.45) is -0.463. The van der Waals surface area contributed by atoms with E-state index in [0.717, 1.165) is 15.6 Å². The van der Waals surface area contributed by atoms with E-state index >= 15 is 0 Å². The Bertz CT molecular complexity index is 1040. The molecule has 2 aromatic carbocycles.